The van der Waals surface area contributed by atoms with Gasteiger partial charge in [0.1, 0.15) is 0 Å². The molecule has 3 fully saturated rings. The summed E-state index contributed by atoms with van der Waals surface area (Å²) in [5, 5.41) is 6.36. The Balaban J connectivity index is 1.30. The molecule has 1 heterocycles. The van der Waals surface area contributed by atoms with Gasteiger partial charge in [-0.05, 0) is 66.0 Å². The van der Waals surface area contributed by atoms with Crippen LogP contribution in [-0.4, -0.2) is 11.0 Å². The van der Waals surface area contributed by atoms with Gasteiger partial charge in [0, 0.05) is 30.4 Å². The van der Waals surface area contributed by atoms with E-state index in [0.717, 1.165) is 36.3 Å². The second kappa shape index (κ2) is 4.05. The van der Waals surface area contributed by atoms with E-state index in [9.17, 15) is 0 Å². The van der Waals surface area contributed by atoms with Gasteiger partial charge in [-0.2, -0.15) is 0 Å². The highest BCUT2D eigenvalue weighted by molar-refractivity contribution is 5.81. The molecule has 1 aromatic heterocycles. The molecular weight excluding hydrogens is 244 g/mol. The molecule has 2 bridgehead atoms. The van der Waals surface area contributed by atoms with E-state index in [-0.39, 0.29) is 0 Å². The first kappa shape index (κ1) is 11.3. The third-order valence-corrected chi connectivity index (χ3v) is 5.98. The van der Waals surface area contributed by atoms with Crippen molar-refractivity contribution in [1.29, 1.82) is 0 Å². The van der Waals surface area contributed by atoms with Crippen LogP contribution in [-0.2, 0) is 6.54 Å². The van der Waals surface area contributed by atoms with Gasteiger partial charge in [-0.3, -0.25) is 4.98 Å². The van der Waals surface area contributed by atoms with E-state index in [1.165, 1.54) is 35.6 Å². The summed E-state index contributed by atoms with van der Waals surface area (Å²) in [5.41, 5.74) is 1.40. The number of hydrogen-bond acceptors (Lipinski definition) is 2. The summed E-state index contributed by atoms with van der Waals surface area (Å²) >= 11 is 0. The number of rotatable bonds is 3. The van der Waals surface area contributed by atoms with Crippen LogP contribution in [0.25, 0.3) is 10.8 Å². The summed E-state index contributed by atoms with van der Waals surface area (Å²) in [6, 6.07) is 9.66. The third kappa shape index (κ3) is 1.58. The van der Waals surface area contributed by atoms with E-state index in [1.54, 1.807) is 0 Å². The van der Waals surface area contributed by atoms with Crippen molar-refractivity contribution in [2.24, 2.45) is 23.7 Å². The molecule has 4 atom stereocenters. The van der Waals surface area contributed by atoms with Crippen molar-refractivity contribution < 1.29 is 0 Å². The van der Waals surface area contributed by atoms with Crippen molar-refractivity contribution in [1.82, 2.24) is 10.3 Å². The molecule has 20 heavy (non-hydrogen) atoms. The van der Waals surface area contributed by atoms with Crippen molar-refractivity contribution >= 4 is 10.8 Å². The Kier molecular flexibility index (Phi) is 2.28. The van der Waals surface area contributed by atoms with Crippen molar-refractivity contribution in [2.75, 3.05) is 0 Å². The van der Waals surface area contributed by atoms with E-state index in [4.69, 9.17) is 0 Å². The minimum Gasteiger partial charge on any atom is -0.309 e. The van der Waals surface area contributed by atoms with Crippen molar-refractivity contribution in [2.45, 2.75) is 31.8 Å². The van der Waals surface area contributed by atoms with Crippen LogP contribution in [0.1, 0.15) is 24.8 Å². The fourth-order valence-electron chi connectivity index (χ4n) is 5.08. The van der Waals surface area contributed by atoms with Crippen LogP contribution >= 0.6 is 0 Å². The second-order valence-electron chi connectivity index (χ2n) is 6.95. The largest absolute Gasteiger partial charge is 0.309 e. The summed E-state index contributed by atoms with van der Waals surface area (Å²) in [7, 11) is 0. The number of nitrogens with one attached hydrogen (secondary N) is 1. The molecule has 0 amide bonds. The topological polar surface area (TPSA) is 24.9 Å². The fraction of sp³-hybridized carbons (Fsp3) is 0.500. The number of aromatic nitrogens is 1. The van der Waals surface area contributed by atoms with Gasteiger partial charge in [-0.25, -0.2) is 0 Å². The molecule has 3 aliphatic carbocycles. The molecule has 1 N–H and O–H groups in total. The summed E-state index contributed by atoms with van der Waals surface area (Å²) in [6.07, 6.45) is 8.37. The minimum absolute atomic E-state index is 0.828. The predicted octanol–water partition coefficient (Wildman–Crippen LogP) is 3.37. The van der Waals surface area contributed by atoms with Gasteiger partial charge in [-0.15, -0.1) is 0 Å². The lowest BCUT2D eigenvalue weighted by atomic mass is 10.0. The number of pyridine rings is 1. The smallest absolute Gasteiger partial charge is 0.0346 e. The maximum absolute atomic E-state index is 4.17. The van der Waals surface area contributed by atoms with Crippen LogP contribution in [0.15, 0.2) is 36.7 Å². The molecule has 2 heteroatoms. The maximum atomic E-state index is 4.17. The molecule has 0 radical (unpaired) electrons. The summed E-state index contributed by atoms with van der Waals surface area (Å²) in [6.45, 7) is 1.02. The van der Waals surface area contributed by atoms with E-state index in [1.807, 2.05) is 12.4 Å². The summed E-state index contributed by atoms with van der Waals surface area (Å²) in [4.78, 5) is 4.17. The molecule has 0 aliphatic heterocycles. The summed E-state index contributed by atoms with van der Waals surface area (Å²) in [5.74, 6) is 4.17. The number of benzene rings is 1. The zero-order valence-corrected chi connectivity index (χ0v) is 11.6. The normalized spacial score (nSPS) is 37.3. The molecule has 5 rings (SSSR count). The molecule has 2 nitrogen and oxygen atoms in total. The number of fused-ring (bicyclic) bond motifs is 6. The average molecular weight is 264 g/mol. The fourth-order valence-corrected chi connectivity index (χ4v) is 5.08. The Morgan fingerprint density at radius 1 is 1.05 bits per heavy atom. The van der Waals surface area contributed by atoms with E-state index in [2.05, 4.69) is 34.6 Å². The Morgan fingerprint density at radius 2 is 1.90 bits per heavy atom. The monoisotopic (exact) mass is 264 g/mol. The van der Waals surface area contributed by atoms with Crippen LogP contribution in [0.5, 0.6) is 0 Å². The van der Waals surface area contributed by atoms with Crippen LogP contribution in [0.2, 0.25) is 0 Å². The van der Waals surface area contributed by atoms with Crippen LogP contribution in [0, 0.1) is 23.7 Å². The van der Waals surface area contributed by atoms with E-state index >= 15 is 0 Å². The van der Waals surface area contributed by atoms with Crippen LogP contribution < -0.4 is 5.32 Å². The molecule has 0 saturated heterocycles. The van der Waals surface area contributed by atoms with Gasteiger partial charge in [0.05, 0.1) is 0 Å². The standard InChI is InChI=1S/C18H20N2/c1-2-15-10-19-6-5-12(15)7-11(1)9-20-18-16-13-3-4-14(8-13)17(16)18/h1-2,5-7,10,13-14,16-18,20H,3-4,8-9H2. The molecule has 2 aromatic rings. The van der Waals surface area contributed by atoms with Gasteiger partial charge >= 0.3 is 0 Å². The minimum atomic E-state index is 0.828. The molecule has 3 saturated carbocycles. The van der Waals surface area contributed by atoms with Gasteiger partial charge in [0.25, 0.3) is 0 Å². The van der Waals surface area contributed by atoms with Crippen molar-refractivity contribution in [3.8, 4) is 0 Å². The third-order valence-electron chi connectivity index (χ3n) is 5.98. The quantitative estimate of drug-likeness (QED) is 0.919. The van der Waals surface area contributed by atoms with Crippen LogP contribution in [0.3, 0.4) is 0 Å². The van der Waals surface area contributed by atoms with E-state index < -0.39 is 0 Å². The first-order valence-electron chi connectivity index (χ1n) is 7.96. The molecule has 102 valence electrons. The molecule has 0 spiro atoms. The Hall–Kier alpha value is -1.41. The van der Waals surface area contributed by atoms with Gasteiger partial charge < -0.3 is 5.32 Å². The van der Waals surface area contributed by atoms with Gasteiger partial charge in [0.15, 0.2) is 0 Å². The lowest BCUT2D eigenvalue weighted by Gasteiger charge is -2.11. The van der Waals surface area contributed by atoms with Gasteiger partial charge in [-0.1, -0.05) is 12.1 Å². The Morgan fingerprint density at radius 3 is 2.75 bits per heavy atom. The molecule has 4 unspecified atom stereocenters. The maximum Gasteiger partial charge on any atom is 0.0346 e. The highest BCUT2D eigenvalue weighted by Crippen LogP contribution is 2.65. The van der Waals surface area contributed by atoms with Crippen LogP contribution in [0.4, 0.5) is 0 Å². The van der Waals surface area contributed by atoms with Crippen molar-refractivity contribution in [3.63, 3.8) is 0 Å². The lowest BCUT2D eigenvalue weighted by molar-refractivity contribution is 0.456. The molecular formula is C18H20N2. The predicted molar refractivity (Wildman–Crippen MR) is 80.2 cm³/mol. The summed E-state index contributed by atoms with van der Waals surface area (Å²) < 4.78 is 0. The second-order valence-corrected chi connectivity index (χ2v) is 6.95. The average Bonchev–Trinajstić information content (AvgIpc) is 2.88. The van der Waals surface area contributed by atoms with Gasteiger partial charge in [0.2, 0.25) is 0 Å². The molecule has 3 aliphatic rings. The zero-order valence-electron chi connectivity index (χ0n) is 11.6. The van der Waals surface area contributed by atoms with E-state index in [0.29, 0.717) is 0 Å². The Bertz CT molecular complexity index is 649. The molecule has 1 aromatic carbocycles. The number of hydrogen-bond donors (Lipinski definition) is 1. The van der Waals surface area contributed by atoms with Crippen molar-refractivity contribution in [3.05, 3.63) is 42.2 Å². The number of nitrogens with zero attached hydrogens (tertiary/aromatic N) is 1. The lowest BCUT2D eigenvalue weighted by Crippen LogP contribution is -2.22. The zero-order chi connectivity index (χ0) is 13.1. The highest BCUT2D eigenvalue weighted by atomic mass is 15.0. The Labute approximate surface area is 119 Å². The first-order chi connectivity index (χ1) is 9.90. The SMILES string of the molecule is c1cc2cc(CNC3C4C5CCC(C5)C34)ccc2cn1. The highest BCUT2D eigenvalue weighted by Gasteiger charge is 2.64. The first-order valence-corrected chi connectivity index (χ1v) is 7.96.